The van der Waals surface area contributed by atoms with Crippen LogP contribution in [-0.4, -0.2) is 11.8 Å². The van der Waals surface area contributed by atoms with Gasteiger partial charge in [-0.15, -0.1) is 0 Å². The first-order chi connectivity index (χ1) is 14.0. The topological polar surface area (TPSA) is 49.4 Å². The van der Waals surface area contributed by atoms with Crippen LogP contribution in [0, 0.1) is 17.5 Å². The summed E-state index contributed by atoms with van der Waals surface area (Å²) in [4.78, 5) is 26.7. The van der Waals surface area contributed by atoms with Gasteiger partial charge in [-0.2, -0.15) is 0 Å². The molecule has 1 N–H and O–H groups in total. The van der Waals surface area contributed by atoms with Crippen LogP contribution in [0.15, 0.2) is 78.5 Å². The third-order valence-electron chi connectivity index (χ3n) is 4.41. The largest absolute Gasteiger partial charge is 0.350 e. The fraction of sp³-hybridized carbons (Fsp3) is 0. The third-order valence-corrected chi connectivity index (χ3v) is 4.41. The van der Waals surface area contributed by atoms with Crippen LogP contribution in [0.4, 0.5) is 24.5 Å². The number of halogens is 3. The van der Waals surface area contributed by atoms with Crippen molar-refractivity contribution in [1.29, 1.82) is 0 Å². The molecular weight excluding hydrogens is 381 g/mol. The van der Waals surface area contributed by atoms with Crippen molar-refractivity contribution in [3.05, 3.63) is 102 Å². The van der Waals surface area contributed by atoms with Crippen LogP contribution >= 0.6 is 0 Å². The summed E-state index contributed by atoms with van der Waals surface area (Å²) in [6, 6.07) is 16.1. The summed E-state index contributed by atoms with van der Waals surface area (Å²) < 4.78 is 41.2. The maximum absolute atomic E-state index is 14.3. The molecule has 7 heteroatoms. The van der Waals surface area contributed by atoms with E-state index in [0.717, 1.165) is 18.2 Å². The lowest BCUT2D eigenvalue weighted by atomic mass is 10.0. The second-order valence-corrected chi connectivity index (χ2v) is 6.29. The Hall–Kier alpha value is -3.87. The van der Waals surface area contributed by atoms with Gasteiger partial charge in [0.25, 0.3) is 11.8 Å². The van der Waals surface area contributed by atoms with Crippen molar-refractivity contribution < 1.29 is 22.8 Å². The molecule has 0 spiro atoms. The molecule has 0 radical (unpaired) electrons. The lowest BCUT2D eigenvalue weighted by Crippen LogP contribution is -2.33. The predicted molar refractivity (Wildman–Crippen MR) is 102 cm³/mol. The second kappa shape index (κ2) is 7.27. The number of hydrogen-bond donors (Lipinski definition) is 1. The van der Waals surface area contributed by atoms with Gasteiger partial charge in [-0.25, -0.2) is 18.1 Å². The zero-order valence-electron chi connectivity index (χ0n) is 14.8. The highest BCUT2D eigenvalue weighted by atomic mass is 19.1. The van der Waals surface area contributed by atoms with Gasteiger partial charge in [0.2, 0.25) is 0 Å². The highest BCUT2D eigenvalue weighted by molar-refractivity contribution is 6.46. The number of benzene rings is 3. The summed E-state index contributed by atoms with van der Waals surface area (Å²) in [6.45, 7) is 0. The second-order valence-electron chi connectivity index (χ2n) is 6.29. The monoisotopic (exact) mass is 394 g/mol. The Morgan fingerprint density at radius 1 is 0.724 bits per heavy atom. The van der Waals surface area contributed by atoms with E-state index in [2.05, 4.69) is 5.32 Å². The summed E-state index contributed by atoms with van der Waals surface area (Å²) >= 11 is 0. The fourth-order valence-corrected chi connectivity index (χ4v) is 3.07. The lowest BCUT2D eigenvalue weighted by molar-refractivity contribution is -0.120. The van der Waals surface area contributed by atoms with Crippen molar-refractivity contribution in [2.24, 2.45) is 0 Å². The summed E-state index contributed by atoms with van der Waals surface area (Å²) in [7, 11) is 0. The molecule has 0 aromatic heterocycles. The van der Waals surface area contributed by atoms with Crippen molar-refractivity contribution in [3.63, 3.8) is 0 Å². The van der Waals surface area contributed by atoms with E-state index in [1.165, 1.54) is 24.3 Å². The van der Waals surface area contributed by atoms with Crippen molar-refractivity contribution in [2.75, 3.05) is 10.2 Å². The van der Waals surface area contributed by atoms with Gasteiger partial charge in [0, 0.05) is 11.8 Å². The number of nitrogens with one attached hydrogen (secondary N) is 1. The molecule has 0 unspecified atom stereocenters. The smallest absolute Gasteiger partial charge is 0.282 e. The van der Waals surface area contributed by atoms with Crippen LogP contribution in [0.3, 0.4) is 0 Å². The van der Waals surface area contributed by atoms with Gasteiger partial charge < -0.3 is 5.32 Å². The van der Waals surface area contributed by atoms with Crippen LogP contribution in [0.25, 0.3) is 5.57 Å². The first-order valence-electron chi connectivity index (χ1n) is 8.62. The number of hydrogen-bond acceptors (Lipinski definition) is 3. The number of imide groups is 1. The van der Waals surface area contributed by atoms with Gasteiger partial charge in [-0.1, -0.05) is 30.3 Å². The van der Waals surface area contributed by atoms with E-state index < -0.39 is 35.0 Å². The fourth-order valence-electron chi connectivity index (χ4n) is 3.07. The first-order valence-corrected chi connectivity index (χ1v) is 8.62. The summed E-state index contributed by atoms with van der Waals surface area (Å²) in [6.07, 6.45) is 0. The molecule has 1 aliphatic heterocycles. The molecule has 2 amide bonds. The van der Waals surface area contributed by atoms with E-state index >= 15 is 0 Å². The minimum absolute atomic E-state index is 0.00332. The third kappa shape index (κ3) is 3.38. The van der Waals surface area contributed by atoms with Crippen LogP contribution < -0.4 is 10.2 Å². The van der Waals surface area contributed by atoms with Gasteiger partial charge >= 0.3 is 0 Å². The molecule has 0 fully saturated rings. The average Bonchev–Trinajstić information content (AvgIpc) is 2.96. The van der Waals surface area contributed by atoms with Crippen LogP contribution in [0.5, 0.6) is 0 Å². The van der Waals surface area contributed by atoms with Gasteiger partial charge in [0.1, 0.15) is 23.1 Å². The first kappa shape index (κ1) is 18.5. The Bertz CT molecular complexity index is 1140. The van der Waals surface area contributed by atoms with Gasteiger partial charge in [0.15, 0.2) is 0 Å². The van der Waals surface area contributed by atoms with E-state index in [-0.39, 0.29) is 11.3 Å². The molecule has 0 saturated heterocycles. The van der Waals surface area contributed by atoms with E-state index in [4.69, 9.17) is 0 Å². The zero-order valence-corrected chi connectivity index (χ0v) is 14.8. The van der Waals surface area contributed by atoms with Crippen LogP contribution in [-0.2, 0) is 9.59 Å². The lowest BCUT2D eigenvalue weighted by Gasteiger charge is -2.16. The SMILES string of the molecule is O=C1C(Nc2ccc(F)cc2)=C(c2ccccc2)C(=O)N1c1cc(F)ccc1F. The molecule has 0 bridgehead atoms. The maximum atomic E-state index is 14.3. The number of carbonyl (C=O) groups is 2. The molecular formula is C22H13F3N2O2. The molecule has 144 valence electrons. The molecule has 4 rings (SSSR count). The van der Waals surface area contributed by atoms with Gasteiger partial charge in [0.05, 0.1) is 11.3 Å². The standard InChI is InChI=1S/C22H13F3N2O2/c23-14-6-9-16(10-7-14)26-20-19(13-4-2-1-3-5-13)21(28)27(22(20)29)18-12-15(24)8-11-17(18)25/h1-12,26H. The van der Waals surface area contributed by atoms with E-state index in [0.29, 0.717) is 16.2 Å². The Kier molecular flexibility index (Phi) is 4.64. The summed E-state index contributed by atoms with van der Waals surface area (Å²) in [5.74, 6) is -3.81. The number of nitrogens with zero attached hydrogens (tertiary/aromatic N) is 1. The van der Waals surface area contributed by atoms with Crippen LogP contribution in [0.1, 0.15) is 5.56 Å². The predicted octanol–water partition coefficient (Wildman–Crippen LogP) is 4.50. The normalized spacial score (nSPS) is 14.0. The van der Waals surface area contributed by atoms with Gasteiger partial charge in [-0.05, 0) is 42.0 Å². The molecule has 0 atom stereocenters. The molecule has 29 heavy (non-hydrogen) atoms. The number of anilines is 2. The summed E-state index contributed by atoms with van der Waals surface area (Å²) in [5, 5.41) is 2.82. The number of rotatable bonds is 4. The van der Waals surface area contributed by atoms with E-state index in [1.807, 2.05) is 0 Å². The summed E-state index contributed by atoms with van der Waals surface area (Å²) in [5.41, 5.74) is 0.191. The van der Waals surface area contributed by atoms with Crippen molar-refractivity contribution in [2.45, 2.75) is 0 Å². The Morgan fingerprint density at radius 3 is 2.07 bits per heavy atom. The Morgan fingerprint density at radius 2 is 1.38 bits per heavy atom. The van der Waals surface area contributed by atoms with Crippen molar-refractivity contribution in [3.8, 4) is 0 Å². The maximum Gasteiger partial charge on any atom is 0.282 e. The molecule has 1 aliphatic rings. The Labute approximate surface area is 163 Å². The van der Waals surface area contributed by atoms with Crippen molar-refractivity contribution >= 4 is 28.8 Å². The number of amides is 2. The minimum Gasteiger partial charge on any atom is -0.350 e. The average molecular weight is 394 g/mol. The molecule has 0 saturated carbocycles. The highest BCUT2D eigenvalue weighted by Crippen LogP contribution is 2.35. The van der Waals surface area contributed by atoms with Crippen LogP contribution in [0.2, 0.25) is 0 Å². The van der Waals surface area contributed by atoms with Crippen molar-refractivity contribution in [1.82, 2.24) is 0 Å². The molecule has 0 aliphatic carbocycles. The van der Waals surface area contributed by atoms with E-state index in [9.17, 15) is 22.8 Å². The van der Waals surface area contributed by atoms with E-state index in [1.54, 1.807) is 30.3 Å². The molecule has 3 aromatic carbocycles. The molecule has 1 heterocycles. The Balaban J connectivity index is 1.84. The van der Waals surface area contributed by atoms with Gasteiger partial charge in [-0.3, -0.25) is 9.59 Å². The quantitative estimate of drug-likeness (QED) is 0.663. The zero-order chi connectivity index (χ0) is 20.5. The molecule has 3 aromatic rings. The minimum atomic E-state index is -0.913. The highest BCUT2D eigenvalue weighted by Gasteiger charge is 2.41. The molecule has 4 nitrogen and oxygen atoms in total. The number of carbonyl (C=O) groups excluding carboxylic acids is 2.